The van der Waals surface area contributed by atoms with Crippen LogP contribution < -0.4 is 4.90 Å². The van der Waals surface area contributed by atoms with Gasteiger partial charge in [-0.05, 0) is 48.0 Å². The van der Waals surface area contributed by atoms with Crippen LogP contribution in [-0.2, 0) is 4.79 Å². The van der Waals surface area contributed by atoms with E-state index >= 15 is 0 Å². The number of anilines is 2. The quantitative estimate of drug-likeness (QED) is 0.390. The van der Waals surface area contributed by atoms with Crippen LogP contribution in [0.2, 0.25) is 10.0 Å². The minimum Gasteiger partial charge on any atom is -0.276 e. The molecule has 0 saturated carbocycles. The average Bonchev–Trinajstić information content (AvgIpc) is 2.88. The molecule has 0 unspecified atom stereocenters. The van der Waals surface area contributed by atoms with Gasteiger partial charge in [-0.15, -0.1) is 0 Å². The van der Waals surface area contributed by atoms with Gasteiger partial charge < -0.3 is 0 Å². The number of carbonyl (C=O) groups is 1. The van der Waals surface area contributed by atoms with Crippen molar-refractivity contribution in [2.24, 2.45) is 0 Å². The zero-order valence-electron chi connectivity index (χ0n) is 13.4. The highest BCUT2D eigenvalue weighted by Crippen LogP contribution is 2.43. The van der Waals surface area contributed by atoms with E-state index in [0.717, 1.165) is 21.3 Å². The summed E-state index contributed by atoms with van der Waals surface area (Å²) in [5.74, 6) is -0.104. The standard InChI is InChI=1S/C21H12BrCl2NO/c22-14-7-5-13(6-8-14)9-19-18-3-1-2-4-20(18)25(21(19)26)17-11-15(23)10-16(24)12-17/h1-12H. The molecule has 0 atom stereocenters. The van der Waals surface area contributed by atoms with Gasteiger partial charge in [0, 0.05) is 20.1 Å². The number of hydrogen-bond donors (Lipinski definition) is 0. The molecule has 1 heterocycles. The molecule has 0 radical (unpaired) electrons. The third-order valence-corrected chi connectivity index (χ3v) is 5.12. The predicted octanol–water partition coefficient (Wildman–Crippen LogP) is 6.97. The molecule has 0 aliphatic carbocycles. The first-order valence-corrected chi connectivity index (χ1v) is 9.45. The molecule has 4 rings (SSSR count). The summed E-state index contributed by atoms with van der Waals surface area (Å²) in [5, 5.41) is 0.978. The Kier molecular flexibility index (Phi) is 4.62. The maximum atomic E-state index is 13.2. The molecule has 1 aliphatic heterocycles. The van der Waals surface area contributed by atoms with Gasteiger partial charge in [-0.25, -0.2) is 0 Å². The topological polar surface area (TPSA) is 20.3 Å². The van der Waals surface area contributed by atoms with Crippen molar-refractivity contribution >= 4 is 68.1 Å². The van der Waals surface area contributed by atoms with Gasteiger partial charge in [0.25, 0.3) is 5.91 Å². The fourth-order valence-electron chi connectivity index (χ4n) is 3.03. The number of rotatable bonds is 2. The SMILES string of the molecule is O=C1C(=Cc2ccc(Br)cc2)c2ccccc2N1c1cc(Cl)cc(Cl)c1. The number of halogens is 3. The largest absolute Gasteiger partial charge is 0.276 e. The van der Waals surface area contributed by atoms with Crippen LogP contribution in [0, 0.1) is 0 Å². The normalized spacial score (nSPS) is 14.8. The number of fused-ring (bicyclic) bond motifs is 1. The van der Waals surface area contributed by atoms with Crippen molar-refractivity contribution in [1.82, 2.24) is 0 Å². The Labute approximate surface area is 169 Å². The summed E-state index contributed by atoms with van der Waals surface area (Å²) in [5.41, 5.74) is 3.95. The van der Waals surface area contributed by atoms with E-state index in [0.29, 0.717) is 21.3 Å². The van der Waals surface area contributed by atoms with E-state index in [1.165, 1.54) is 0 Å². The van der Waals surface area contributed by atoms with Gasteiger partial charge in [0.1, 0.15) is 0 Å². The van der Waals surface area contributed by atoms with Crippen LogP contribution in [0.3, 0.4) is 0 Å². The van der Waals surface area contributed by atoms with E-state index in [4.69, 9.17) is 23.2 Å². The first kappa shape index (κ1) is 17.3. The lowest BCUT2D eigenvalue weighted by molar-refractivity contribution is -0.112. The van der Waals surface area contributed by atoms with E-state index < -0.39 is 0 Å². The van der Waals surface area contributed by atoms with Crippen LogP contribution in [0.15, 0.2) is 71.2 Å². The number of benzene rings is 3. The van der Waals surface area contributed by atoms with Crippen molar-refractivity contribution in [2.75, 3.05) is 4.90 Å². The molecule has 1 aliphatic rings. The van der Waals surface area contributed by atoms with Crippen molar-refractivity contribution in [1.29, 1.82) is 0 Å². The monoisotopic (exact) mass is 443 g/mol. The van der Waals surface area contributed by atoms with Gasteiger partial charge in [0.15, 0.2) is 0 Å². The molecule has 5 heteroatoms. The molecule has 0 aromatic heterocycles. The van der Waals surface area contributed by atoms with E-state index in [2.05, 4.69) is 15.9 Å². The second-order valence-corrected chi connectivity index (χ2v) is 7.68. The highest BCUT2D eigenvalue weighted by molar-refractivity contribution is 9.10. The first-order chi connectivity index (χ1) is 12.5. The maximum absolute atomic E-state index is 13.2. The molecular weight excluding hydrogens is 433 g/mol. The second-order valence-electron chi connectivity index (χ2n) is 5.89. The highest BCUT2D eigenvalue weighted by atomic mass is 79.9. The van der Waals surface area contributed by atoms with Gasteiger partial charge in [-0.3, -0.25) is 9.69 Å². The lowest BCUT2D eigenvalue weighted by atomic mass is 10.0. The van der Waals surface area contributed by atoms with Crippen molar-refractivity contribution in [3.8, 4) is 0 Å². The molecule has 3 aromatic rings. The number of carbonyl (C=O) groups excluding carboxylic acids is 1. The van der Waals surface area contributed by atoms with Crippen LogP contribution >= 0.6 is 39.1 Å². The smallest absolute Gasteiger partial charge is 0.263 e. The second kappa shape index (κ2) is 6.92. The van der Waals surface area contributed by atoms with E-state index in [-0.39, 0.29) is 5.91 Å². The number of amides is 1. The minimum absolute atomic E-state index is 0.104. The van der Waals surface area contributed by atoms with Gasteiger partial charge in [0.05, 0.1) is 16.9 Å². The Bertz CT molecular complexity index is 1020. The molecule has 0 spiro atoms. The molecule has 0 saturated heterocycles. The van der Waals surface area contributed by atoms with Gasteiger partial charge in [-0.2, -0.15) is 0 Å². The van der Waals surface area contributed by atoms with Crippen molar-refractivity contribution in [3.05, 3.63) is 92.4 Å². The van der Waals surface area contributed by atoms with Crippen LogP contribution in [0.1, 0.15) is 11.1 Å². The Hall–Kier alpha value is -2.07. The lowest BCUT2D eigenvalue weighted by Crippen LogP contribution is -2.20. The summed E-state index contributed by atoms with van der Waals surface area (Å²) in [4.78, 5) is 14.9. The Morgan fingerprint density at radius 2 is 1.54 bits per heavy atom. The third kappa shape index (κ3) is 3.18. The van der Waals surface area contributed by atoms with Crippen LogP contribution in [0.5, 0.6) is 0 Å². The summed E-state index contributed by atoms with van der Waals surface area (Å²) in [6.07, 6.45) is 1.90. The number of para-hydroxylation sites is 1. The van der Waals surface area contributed by atoms with Crippen LogP contribution in [0.4, 0.5) is 11.4 Å². The average molecular weight is 445 g/mol. The molecular formula is C21H12BrCl2NO. The van der Waals surface area contributed by atoms with Gasteiger partial charge in [-0.1, -0.05) is 69.5 Å². The molecule has 1 amide bonds. The lowest BCUT2D eigenvalue weighted by Gasteiger charge is -2.17. The molecule has 0 N–H and O–H groups in total. The first-order valence-electron chi connectivity index (χ1n) is 7.90. The van der Waals surface area contributed by atoms with Crippen LogP contribution in [-0.4, -0.2) is 5.91 Å². The Balaban J connectivity index is 1.86. The molecule has 2 nitrogen and oxygen atoms in total. The Morgan fingerprint density at radius 1 is 0.885 bits per heavy atom. The van der Waals surface area contributed by atoms with Crippen LogP contribution in [0.25, 0.3) is 11.6 Å². The van der Waals surface area contributed by atoms with E-state index in [9.17, 15) is 4.79 Å². The molecule has 0 bridgehead atoms. The number of nitrogens with zero attached hydrogens (tertiary/aromatic N) is 1. The Morgan fingerprint density at radius 3 is 2.23 bits per heavy atom. The third-order valence-electron chi connectivity index (χ3n) is 4.16. The van der Waals surface area contributed by atoms with Crippen molar-refractivity contribution in [3.63, 3.8) is 0 Å². The van der Waals surface area contributed by atoms with Crippen molar-refractivity contribution < 1.29 is 4.79 Å². The summed E-state index contributed by atoms with van der Waals surface area (Å²) in [7, 11) is 0. The summed E-state index contributed by atoms with van der Waals surface area (Å²) >= 11 is 15.7. The highest BCUT2D eigenvalue weighted by Gasteiger charge is 2.33. The van der Waals surface area contributed by atoms with Crippen molar-refractivity contribution in [2.45, 2.75) is 0 Å². The zero-order valence-corrected chi connectivity index (χ0v) is 16.5. The van der Waals surface area contributed by atoms with E-state index in [1.54, 1.807) is 23.1 Å². The predicted molar refractivity (Wildman–Crippen MR) is 112 cm³/mol. The molecule has 26 heavy (non-hydrogen) atoms. The molecule has 3 aromatic carbocycles. The maximum Gasteiger partial charge on any atom is 0.263 e. The van der Waals surface area contributed by atoms with E-state index in [1.807, 2.05) is 54.6 Å². The van der Waals surface area contributed by atoms with Gasteiger partial charge in [0.2, 0.25) is 0 Å². The minimum atomic E-state index is -0.104. The summed E-state index contributed by atoms with van der Waals surface area (Å²) in [6, 6.07) is 20.7. The molecule has 0 fully saturated rings. The fraction of sp³-hybridized carbons (Fsp3) is 0. The zero-order chi connectivity index (χ0) is 18.3. The number of hydrogen-bond acceptors (Lipinski definition) is 1. The fourth-order valence-corrected chi connectivity index (χ4v) is 3.81. The van der Waals surface area contributed by atoms with Gasteiger partial charge >= 0.3 is 0 Å². The summed E-state index contributed by atoms with van der Waals surface area (Å²) in [6.45, 7) is 0. The molecule has 128 valence electrons. The summed E-state index contributed by atoms with van der Waals surface area (Å²) < 4.78 is 0.994.